The van der Waals surface area contributed by atoms with Crippen LogP contribution in [0.5, 0.6) is 5.75 Å². The van der Waals surface area contributed by atoms with E-state index in [1.165, 1.54) is 6.08 Å². The Labute approximate surface area is 145 Å². The first-order valence-corrected chi connectivity index (χ1v) is 7.84. The van der Waals surface area contributed by atoms with Gasteiger partial charge >= 0.3 is 0 Å². The van der Waals surface area contributed by atoms with Crippen LogP contribution in [0.4, 0.5) is 5.69 Å². The molecule has 2 aromatic carbocycles. The number of carbonyl (C=O) groups excluding carboxylic acids is 2. The number of amides is 1. The lowest BCUT2D eigenvalue weighted by molar-refractivity contribution is -0.137. The molecule has 1 saturated heterocycles. The van der Waals surface area contributed by atoms with Gasteiger partial charge in [-0.3, -0.25) is 9.59 Å². The van der Waals surface area contributed by atoms with Gasteiger partial charge < -0.3 is 9.64 Å². The van der Waals surface area contributed by atoms with Crippen molar-refractivity contribution in [1.29, 1.82) is 0 Å². The third-order valence-corrected chi connectivity index (χ3v) is 4.52. The monoisotopic (exact) mass is 341 g/mol. The maximum absolute atomic E-state index is 12.6. The number of benzene rings is 2. The van der Waals surface area contributed by atoms with Crippen molar-refractivity contribution in [3.05, 3.63) is 71.8 Å². The Hall–Kier alpha value is -2.59. The Kier molecular flexibility index (Phi) is 4.40. The van der Waals surface area contributed by atoms with Gasteiger partial charge in [-0.25, -0.2) is 0 Å². The minimum Gasteiger partial charge on any atom is -0.497 e. The fourth-order valence-corrected chi connectivity index (χ4v) is 3.20. The fraction of sp³-hybridized carbons (Fsp3) is 0.158. The van der Waals surface area contributed by atoms with E-state index in [-0.39, 0.29) is 11.7 Å². The standard InChI is InChI=1S/C19H16ClNO3/c1-3-16(22)17-18(14-6-4-5-7-15(14)20)21(19(17)23)12-8-10-13(24-2)11-9-12/h3-11,17-18H,1H2,2H3. The zero-order chi connectivity index (χ0) is 17.3. The van der Waals surface area contributed by atoms with Crippen molar-refractivity contribution in [3.63, 3.8) is 0 Å². The maximum Gasteiger partial charge on any atom is 0.241 e. The molecule has 2 unspecified atom stereocenters. The molecule has 122 valence electrons. The van der Waals surface area contributed by atoms with Crippen molar-refractivity contribution in [3.8, 4) is 5.75 Å². The van der Waals surface area contributed by atoms with Crippen molar-refractivity contribution in [2.45, 2.75) is 6.04 Å². The molecule has 1 fully saturated rings. The van der Waals surface area contributed by atoms with Crippen molar-refractivity contribution >= 4 is 29.0 Å². The molecule has 3 rings (SSSR count). The molecule has 4 nitrogen and oxygen atoms in total. The maximum atomic E-state index is 12.6. The van der Waals surface area contributed by atoms with E-state index in [1.807, 2.05) is 18.2 Å². The lowest BCUT2D eigenvalue weighted by atomic mass is 9.79. The molecule has 2 atom stereocenters. The number of hydrogen-bond acceptors (Lipinski definition) is 3. The summed E-state index contributed by atoms with van der Waals surface area (Å²) >= 11 is 6.30. The lowest BCUT2D eigenvalue weighted by Crippen LogP contribution is -2.58. The molecule has 5 heteroatoms. The van der Waals surface area contributed by atoms with Gasteiger partial charge in [0.25, 0.3) is 0 Å². The van der Waals surface area contributed by atoms with Crippen LogP contribution in [0.1, 0.15) is 11.6 Å². The van der Waals surface area contributed by atoms with Crippen LogP contribution >= 0.6 is 11.6 Å². The number of ether oxygens (including phenoxy) is 1. The van der Waals surface area contributed by atoms with E-state index in [0.717, 1.165) is 5.56 Å². The highest BCUT2D eigenvalue weighted by atomic mass is 35.5. The van der Waals surface area contributed by atoms with Crippen LogP contribution < -0.4 is 9.64 Å². The molecule has 2 aromatic rings. The molecule has 0 bridgehead atoms. The molecule has 0 spiro atoms. The number of hydrogen-bond donors (Lipinski definition) is 0. The van der Waals surface area contributed by atoms with E-state index in [1.54, 1.807) is 42.3 Å². The fourth-order valence-electron chi connectivity index (χ4n) is 2.96. The summed E-state index contributed by atoms with van der Waals surface area (Å²) in [6.45, 7) is 3.50. The minimum atomic E-state index is -0.787. The Morgan fingerprint density at radius 1 is 1.21 bits per heavy atom. The van der Waals surface area contributed by atoms with Crippen LogP contribution in [0.2, 0.25) is 5.02 Å². The molecule has 0 N–H and O–H groups in total. The Bertz CT molecular complexity index is 801. The summed E-state index contributed by atoms with van der Waals surface area (Å²) in [6.07, 6.45) is 1.19. The molecule has 0 radical (unpaired) electrons. The van der Waals surface area contributed by atoms with Crippen molar-refractivity contribution in [1.82, 2.24) is 0 Å². The van der Waals surface area contributed by atoms with Gasteiger partial charge in [-0.2, -0.15) is 0 Å². The number of halogens is 1. The van der Waals surface area contributed by atoms with Crippen LogP contribution in [-0.4, -0.2) is 18.8 Å². The number of carbonyl (C=O) groups is 2. The van der Waals surface area contributed by atoms with Crippen LogP contribution in [-0.2, 0) is 9.59 Å². The summed E-state index contributed by atoms with van der Waals surface area (Å²) in [7, 11) is 1.58. The zero-order valence-electron chi connectivity index (χ0n) is 13.1. The second-order valence-corrected chi connectivity index (χ2v) is 5.86. The summed E-state index contributed by atoms with van der Waals surface area (Å²) in [5.74, 6) is -0.645. The van der Waals surface area contributed by atoms with Crippen LogP contribution in [0.3, 0.4) is 0 Å². The number of allylic oxidation sites excluding steroid dienone is 1. The highest BCUT2D eigenvalue weighted by Gasteiger charge is 2.52. The van der Waals surface area contributed by atoms with Crippen molar-refractivity contribution < 1.29 is 14.3 Å². The largest absolute Gasteiger partial charge is 0.497 e. The number of ketones is 1. The van der Waals surface area contributed by atoms with Gasteiger partial charge in [0.15, 0.2) is 5.78 Å². The van der Waals surface area contributed by atoms with Gasteiger partial charge in [0.05, 0.1) is 13.2 Å². The minimum absolute atomic E-state index is 0.255. The third kappa shape index (κ3) is 2.59. The van der Waals surface area contributed by atoms with Gasteiger partial charge in [0, 0.05) is 10.7 Å². The second kappa shape index (κ2) is 6.49. The molecule has 1 amide bonds. The molecule has 24 heavy (non-hydrogen) atoms. The van der Waals surface area contributed by atoms with Gasteiger partial charge in [0.2, 0.25) is 5.91 Å². The average Bonchev–Trinajstić information content (AvgIpc) is 2.61. The van der Waals surface area contributed by atoms with Crippen LogP contribution in [0.15, 0.2) is 61.2 Å². The van der Waals surface area contributed by atoms with E-state index in [9.17, 15) is 9.59 Å². The Balaban J connectivity index is 2.03. The molecular weight excluding hydrogens is 326 g/mol. The average molecular weight is 342 g/mol. The van der Waals surface area contributed by atoms with Crippen LogP contribution in [0.25, 0.3) is 0 Å². The van der Waals surface area contributed by atoms with Gasteiger partial charge in [-0.05, 0) is 42.0 Å². The number of nitrogens with zero attached hydrogens (tertiary/aromatic N) is 1. The first kappa shape index (κ1) is 16.3. The van der Waals surface area contributed by atoms with E-state index in [0.29, 0.717) is 16.5 Å². The summed E-state index contributed by atoms with van der Waals surface area (Å²) in [5, 5.41) is 0.523. The smallest absolute Gasteiger partial charge is 0.241 e. The normalized spacial score (nSPS) is 19.6. The zero-order valence-corrected chi connectivity index (χ0v) is 13.9. The van der Waals surface area contributed by atoms with Crippen molar-refractivity contribution in [2.75, 3.05) is 12.0 Å². The predicted octanol–water partition coefficient (Wildman–Crippen LogP) is 3.81. The summed E-state index contributed by atoms with van der Waals surface area (Å²) in [6, 6.07) is 13.9. The van der Waals surface area contributed by atoms with E-state index in [4.69, 9.17) is 16.3 Å². The number of β-lactam (4-membered cyclic amide) rings is 1. The highest BCUT2D eigenvalue weighted by molar-refractivity contribution is 6.32. The molecule has 0 aromatic heterocycles. The Morgan fingerprint density at radius 2 is 1.88 bits per heavy atom. The SMILES string of the molecule is C=CC(=O)C1C(=O)N(c2ccc(OC)cc2)C1c1ccccc1Cl. The van der Waals surface area contributed by atoms with Gasteiger partial charge in [0.1, 0.15) is 11.7 Å². The van der Waals surface area contributed by atoms with E-state index in [2.05, 4.69) is 6.58 Å². The number of rotatable bonds is 5. The first-order valence-electron chi connectivity index (χ1n) is 7.46. The molecular formula is C19H16ClNO3. The first-order chi connectivity index (χ1) is 11.6. The molecule has 0 aliphatic carbocycles. The quantitative estimate of drug-likeness (QED) is 0.472. The molecule has 1 aliphatic rings. The number of methoxy groups -OCH3 is 1. The molecule has 1 aliphatic heterocycles. The van der Waals surface area contributed by atoms with Crippen LogP contribution in [0, 0.1) is 5.92 Å². The molecule has 1 heterocycles. The van der Waals surface area contributed by atoms with E-state index < -0.39 is 12.0 Å². The Morgan fingerprint density at radius 3 is 2.46 bits per heavy atom. The second-order valence-electron chi connectivity index (χ2n) is 5.46. The summed E-state index contributed by atoms with van der Waals surface area (Å²) in [5.41, 5.74) is 1.44. The molecule has 0 saturated carbocycles. The van der Waals surface area contributed by atoms with E-state index >= 15 is 0 Å². The topological polar surface area (TPSA) is 46.6 Å². The summed E-state index contributed by atoms with van der Waals surface area (Å²) in [4.78, 5) is 26.3. The third-order valence-electron chi connectivity index (χ3n) is 4.18. The lowest BCUT2D eigenvalue weighted by Gasteiger charge is -2.46. The van der Waals surface area contributed by atoms with Gasteiger partial charge in [-0.1, -0.05) is 36.4 Å². The van der Waals surface area contributed by atoms with Crippen molar-refractivity contribution in [2.24, 2.45) is 5.92 Å². The van der Waals surface area contributed by atoms with Gasteiger partial charge in [-0.15, -0.1) is 0 Å². The predicted molar refractivity (Wildman–Crippen MR) is 93.4 cm³/mol. The highest BCUT2D eigenvalue weighted by Crippen LogP contribution is 2.46. The number of anilines is 1. The summed E-state index contributed by atoms with van der Waals surface area (Å²) < 4.78 is 5.14.